The van der Waals surface area contributed by atoms with Gasteiger partial charge in [-0.15, -0.1) is 0 Å². The summed E-state index contributed by atoms with van der Waals surface area (Å²) in [5.74, 6) is -0.0312. The predicted octanol–water partition coefficient (Wildman–Crippen LogP) is 0.124. The van der Waals surface area contributed by atoms with Crippen molar-refractivity contribution >= 4 is 5.91 Å². The van der Waals surface area contributed by atoms with Crippen LogP contribution in [-0.2, 0) is 9.53 Å². The van der Waals surface area contributed by atoms with Gasteiger partial charge in [0.25, 0.3) is 0 Å². The molecule has 0 aromatic carbocycles. The quantitative estimate of drug-likeness (QED) is 0.585. The summed E-state index contributed by atoms with van der Waals surface area (Å²) < 4.78 is 4.99. The summed E-state index contributed by atoms with van der Waals surface area (Å²) in [5, 5.41) is 2.60. The van der Waals surface area contributed by atoms with Gasteiger partial charge in [0, 0.05) is 20.0 Å². The molecule has 0 aliphatic rings. The Morgan fingerprint density at radius 1 is 1.42 bits per heavy atom. The van der Waals surface area contributed by atoms with Gasteiger partial charge in [0.2, 0.25) is 5.91 Å². The third kappa shape index (κ3) is 16.2. The summed E-state index contributed by atoms with van der Waals surface area (Å²) >= 11 is 0. The zero-order valence-corrected chi connectivity index (χ0v) is 8.22. The molecule has 0 saturated heterocycles. The van der Waals surface area contributed by atoms with Crippen molar-refractivity contribution in [1.29, 1.82) is 0 Å². The van der Waals surface area contributed by atoms with E-state index in [1.54, 1.807) is 0 Å². The van der Waals surface area contributed by atoms with Gasteiger partial charge in [0.15, 0.2) is 0 Å². The second-order valence-corrected chi connectivity index (χ2v) is 1.88. The van der Waals surface area contributed by atoms with Crippen molar-refractivity contribution in [3.8, 4) is 0 Å². The minimum absolute atomic E-state index is 0.0312. The molecule has 4 heteroatoms. The van der Waals surface area contributed by atoms with Gasteiger partial charge in [0.05, 0.1) is 13.2 Å². The topological polar surface area (TPSA) is 64.3 Å². The van der Waals surface area contributed by atoms with E-state index in [4.69, 9.17) is 10.5 Å². The molecule has 0 bridgehead atoms. The molecule has 12 heavy (non-hydrogen) atoms. The number of hydrogen-bond donors (Lipinski definition) is 2. The number of nitrogens with one attached hydrogen (secondary N) is 1. The van der Waals surface area contributed by atoms with Crippen molar-refractivity contribution in [2.45, 2.75) is 20.8 Å². The van der Waals surface area contributed by atoms with Gasteiger partial charge in [-0.2, -0.15) is 0 Å². The largest absolute Gasteiger partial charge is 0.378 e. The standard InChI is InChI=1S/C6H14N2O2.C2H6/c1-6(9)8-3-5-10-4-2-7;1-2/h2-5,7H2,1H3,(H,8,9);1-2H3. The first-order valence-electron chi connectivity index (χ1n) is 4.29. The summed E-state index contributed by atoms with van der Waals surface area (Å²) in [4.78, 5) is 10.3. The van der Waals surface area contributed by atoms with Gasteiger partial charge in [-0.25, -0.2) is 0 Å². The van der Waals surface area contributed by atoms with Crippen LogP contribution in [0, 0.1) is 0 Å². The van der Waals surface area contributed by atoms with E-state index in [1.165, 1.54) is 6.92 Å². The molecule has 0 aromatic heterocycles. The van der Waals surface area contributed by atoms with Crippen LogP contribution >= 0.6 is 0 Å². The van der Waals surface area contributed by atoms with Crippen molar-refractivity contribution in [3.05, 3.63) is 0 Å². The van der Waals surface area contributed by atoms with Gasteiger partial charge < -0.3 is 15.8 Å². The Balaban J connectivity index is 0. The second-order valence-electron chi connectivity index (χ2n) is 1.88. The van der Waals surface area contributed by atoms with Crippen LogP contribution in [0.1, 0.15) is 20.8 Å². The van der Waals surface area contributed by atoms with E-state index in [1.807, 2.05) is 13.8 Å². The van der Waals surface area contributed by atoms with E-state index in [0.717, 1.165) is 0 Å². The Hall–Kier alpha value is -0.610. The zero-order valence-electron chi connectivity index (χ0n) is 8.22. The Bertz CT molecular complexity index is 97.1. The monoisotopic (exact) mass is 176 g/mol. The van der Waals surface area contributed by atoms with Crippen LogP contribution in [0.25, 0.3) is 0 Å². The minimum atomic E-state index is -0.0312. The minimum Gasteiger partial charge on any atom is -0.378 e. The average molecular weight is 176 g/mol. The lowest BCUT2D eigenvalue weighted by atomic mass is 10.6. The molecule has 4 nitrogen and oxygen atoms in total. The van der Waals surface area contributed by atoms with Gasteiger partial charge in [-0.1, -0.05) is 13.8 Å². The molecular formula is C8H20N2O2. The van der Waals surface area contributed by atoms with Crippen LogP contribution < -0.4 is 11.1 Å². The first-order chi connectivity index (χ1) is 5.77. The normalized spacial score (nSPS) is 8.33. The van der Waals surface area contributed by atoms with Crippen LogP contribution in [0.3, 0.4) is 0 Å². The highest BCUT2D eigenvalue weighted by molar-refractivity contribution is 5.72. The molecule has 0 rings (SSSR count). The second kappa shape index (κ2) is 13.0. The number of nitrogens with two attached hydrogens (primary N) is 1. The Morgan fingerprint density at radius 3 is 2.42 bits per heavy atom. The van der Waals surface area contributed by atoms with Crippen LogP contribution in [0.2, 0.25) is 0 Å². The predicted molar refractivity (Wildman–Crippen MR) is 49.9 cm³/mol. The Labute approximate surface area is 74.5 Å². The van der Waals surface area contributed by atoms with E-state index in [2.05, 4.69) is 5.32 Å². The van der Waals surface area contributed by atoms with E-state index in [9.17, 15) is 4.79 Å². The number of carbonyl (C=O) groups excluding carboxylic acids is 1. The Morgan fingerprint density at radius 2 is 2.00 bits per heavy atom. The van der Waals surface area contributed by atoms with Gasteiger partial charge >= 0.3 is 0 Å². The summed E-state index contributed by atoms with van der Waals surface area (Å²) in [6.45, 7) is 7.66. The lowest BCUT2D eigenvalue weighted by Gasteiger charge is -2.01. The van der Waals surface area contributed by atoms with Crippen molar-refractivity contribution < 1.29 is 9.53 Å². The van der Waals surface area contributed by atoms with Crippen LogP contribution in [0.15, 0.2) is 0 Å². The summed E-state index contributed by atoms with van der Waals surface area (Å²) in [5.41, 5.74) is 5.16. The lowest BCUT2D eigenvalue weighted by Crippen LogP contribution is -2.25. The fourth-order valence-corrected chi connectivity index (χ4v) is 0.485. The average Bonchev–Trinajstić information content (AvgIpc) is 2.07. The first-order valence-corrected chi connectivity index (χ1v) is 4.29. The number of ether oxygens (including phenoxy) is 1. The van der Waals surface area contributed by atoms with E-state index in [0.29, 0.717) is 26.3 Å². The van der Waals surface area contributed by atoms with E-state index < -0.39 is 0 Å². The van der Waals surface area contributed by atoms with Crippen LogP contribution in [-0.4, -0.2) is 32.2 Å². The fraction of sp³-hybridized carbons (Fsp3) is 0.875. The lowest BCUT2D eigenvalue weighted by molar-refractivity contribution is -0.119. The van der Waals surface area contributed by atoms with Gasteiger partial charge in [-0.3, -0.25) is 4.79 Å². The van der Waals surface area contributed by atoms with E-state index in [-0.39, 0.29) is 5.91 Å². The third-order valence-corrected chi connectivity index (χ3v) is 0.883. The number of carbonyl (C=O) groups is 1. The van der Waals surface area contributed by atoms with Crippen molar-refractivity contribution in [3.63, 3.8) is 0 Å². The molecular weight excluding hydrogens is 156 g/mol. The highest BCUT2D eigenvalue weighted by Gasteiger charge is 1.88. The molecule has 0 spiro atoms. The van der Waals surface area contributed by atoms with Crippen LogP contribution in [0.5, 0.6) is 0 Å². The molecule has 0 aromatic rings. The molecule has 0 aliphatic heterocycles. The number of hydrogen-bond acceptors (Lipinski definition) is 3. The highest BCUT2D eigenvalue weighted by atomic mass is 16.5. The Kier molecular flexibility index (Phi) is 15.1. The summed E-state index contributed by atoms with van der Waals surface area (Å²) in [7, 11) is 0. The number of rotatable bonds is 5. The molecule has 0 atom stereocenters. The molecule has 0 radical (unpaired) electrons. The maximum Gasteiger partial charge on any atom is 0.216 e. The van der Waals surface area contributed by atoms with Crippen LogP contribution in [0.4, 0.5) is 0 Å². The number of amides is 1. The zero-order chi connectivity index (χ0) is 9.82. The van der Waals surface area contributed by atoms with Gasteiger partial charge in [-0.05, 0) is 0 Å². The molecule has 0 aliphatic carbocycles. The van der Waals surface area contributed by atoms with Crippen molar-refractivity contribution in [2.75, 3.05) is 26.3 Å². The molecule has 1 amide bonds. The molecule has 0 unspecified atom stereocenters. The molecule has 3 N–H and O–H groups in total. The SMILES string of the molecule is CC.CC(=O)NCCOCCN. The van der Waals surface area contributed by atoms with Gasteiger partial charge in [0.1, 0.15) is 0 Å². The molecule has 0 saturated carbocycles. The molecule has 0 heterocycles. The molecule has 74 valence electrons. The van der Waals surface area contributed by atoms with E-state index >= 15 is 0 Å². The summed E-state index contributed by atoms with van der Waals surface area (Å²) in [6, 6.07) is 0. The maximum atomic E-state index is 10.3. The van der Waals surface area contributed by atoms with Crippen molar-refractivity contribution in [2.24, 2.45) is 5.73 Å². The maximum absolute atomic E-state index is 10.3. The van der Waals surface area contributed by atoms with Crippen molar-refractivity contribution in [1.82, 2.24) is 5.32 Å². The first kappa shape index (κ1) is 13.9. The smallest absolute Gasteiger partial charge is 0.216 e. The third-order valence-electron chi connectivity index (χ3n) is 0.883. The fourth-order valence-electron chi connectivity index (χ4n) is 0.485. The summed E-state index contributed by atoms with van der Waals surface area (Å²) in [6.07, 6.45) is 0. The molecule has 0 fully saturated rings. The highest BCUT2D eigenvalue weighted by Crippen LogP contribution is 1.69.